The zero-order valence-electron chi connectivity index (χ0n) is 17.1. The maximum Gasteiger partial charge on any atom is 0.434 e. The second-order valence-corrected chi connectivity index (χ2v) is 11.4. The highest BCUT2D eigenvalue weighted by atomic mass is 35.5. The second kappa shape index (κ2) is 9.72. The summed E-state index contributed by atoms with van der Waals surface area (Å²) >= 11 is 31.7. The number of halogens is 8. The number of amides is 1. The normalized spacial score (nSPS) is 18.9. The number of Topliss-reactive ketones (excluding diaryl/α,β-unsaturated/α-hetero) is 1. The lowest BCUT2D eigenvalue weighted by molar-refractivity contribution is -0.140. The van der Waals surface area contributed by atoms with Gasteiger partial charge in [-0.15, -0.1) is 34.5 Å². The minimum atomic E-state index is -4.60. The third-order valence-corrected chi connectivity index (χ3v) is 7.82. The van der Waals surface area contributed by atoms with Gasteiger partial charge in [-0.05, 0) is 42.0 Å². The number of ketones is 1. The second-order valence-electron chi connectivity index (χ2n) is 7.74. The van der Waals surface area contributed by atoms with E-state index in [4.69, 9.17) is 58.0 Å². The zero-order valence-corrected chi connectivity index (χ0v) is 21.7. The van der Waals surface area contributed by atoms with Gasteiger partial charge in [-0.2, -0.15) is 13.2 Å². The molecule has 1 N–H and O–H groups in total. The first-order valence-corrected chi connectivity index (χ1v) is 12.5. The number of carbonyl (C=O) groups excluding carboxylic acids is 2. The number of hydrogen-bond acceptors (Lipinski definition) is 4. The monoisotopic (exact) mass is 600 g/mol. The molecule has 2 atom stereocenters. The SMILES string of the molecule is O=C(Cc1nc(C(F)(F)F)cs1)c1cc(NC(=O)C2C(c3cc(Cl)cc(Cl)c3)C2(Cl)Cl)ccc1Cl. The van der Waals surface area contributed by atoms with Crippen molar-refractivity contribution in [3.05, 3.63) is 78.7 Å². The molecule has 0 aliphatic heterocycles. The molecule has 2 aromatic carbocycles. The van der Waals surface area contributed by atoms with Crippen molar-refractivity contribution in [2.45, 2.75) is 22.8 Å². The van der Waals surface area contributed by atoms with E-state index in [2.05, 4.69) is 10.3 Å². The molecular formula is C22H12Cl5F3N2O2S. The maximum absolute atomic E-state index is 12.9. The van der Waals surface area contributed by atoms with E-state index < -0.39 is 39.7 Å². The van der Waals surface area contributed by atoms with E-state index in [0.717, 1.165) is 16.7 Å². The number of carbonyl (C=O) groups is 2. The molecule has 2 unspecified atom stereocenters. The van der Waals surface area contributed by atoms with E-state index in [1.807, 2.05) is 0 Å². The number of aromatic nitrogens is 1. The number of anilines is 1. The Balaban J connectivity index is 1.49. The topological polar surface area (TPSA) is 59.1 Å². The smallest absolute Gasteiger partial charge is 0.326 e. The first kappa shape index (κ1) is 26.5. The van der Waals surface area contributed by atoms with Crippen molar-refractivity contribution < 1.29 is 22.8 Å². The molecule has 1 aliphatic rings. The number of alkyl halides is 5. The van der Waals surface area contributed by atoms with Gasteiger partial charge in [0.15, 0.2) is 11.5 Å². The van der Waals surface area contributed by atoms with Crippen LogP contribution in [0.5, 0.6) is 0 Å². The molecule has 1 aromatic heterocycles. The molecule has 0 radical (unpaired) electrons. The zero-order chi connectivity index (χ0) is 25.7. The molecule has 4 nitrogen and oxygen atoms in total. The van der Waals surface area contributed by atoms with Gasteiger partial charge in [0.05, 0.1) is 17.4 Å². The fourth-order valence-electron chi connectivity index (χ4n) is 3.61. The molecule has 13 heteroatoms. The standard InChI is InChI=1S/C22H12Cl5F3N2O2S/c23-10-3-9(4-11(24)5-10)18-19(21(18,26)27)20(34)31-12-1-2-14(25)13(6-12)15(33)7-17-32-16(8-35-17)22(28,29)30/h1-6,8,18-19H,7H2,(H,31,34). The summed E-state index contributed by atoms with van der Waals surface area (Å²) in [4.78, 5) is 29.1. The highest BCUT2D eigenvalue weighted by molar-refractivity contribution is 7.09. The van der Waals surface area contributed by atoms with Crippen molar-refractivity contribution in [3.63, 3.8) is 0 Å². The van der Waals surface area contributed by atoms with Crippen LogP contribution in [-0.2, 0) is 17.4 Å². The fourth-order valence-corrected chi connectivity index (χ4v) is 6.01. The first-order valence-electron chi connectivity index (χ1n) is 9.76. The summed E-state index contributed by atoms with van der Waals surface area (Å²) in [5, 5.41) is 4.28. The van der Waals surface area contributed by atoms with Crippen molar-refractivity contribution in [2.24, 2.45) is 5.92 Å². The predicted octanol–water partition coefficient (Wildman–Crippen LogP) is 8.07. The quantitative estimate of drug-likeness (QED) is 0.229. The summed E-state index contributed by atoms with van der Waals surface area (Å²) in [5.41, 5.74) is -0.216. The highest BCUT2D eigenvalue weighted by Gasteiger charge is 2.67. The van der Waals surface area contributed by atoms with Crippen molar-refractivity contribution in [2.75, 3.05) is 5.32 Å². The lowest BCUT2D eigenvalue weighted by atomic mass is 10.1. The van der Waals surface area contributed by atoms with E-state index in [1.54, 1.807) is 12.1 Å². The average molecular weight is 603 g/mol. The van der Waals surface area contributed by atoms with Crippen LogP contribution in [0, 0.1) is 5.92 Å². The Bertz CT molecular complexity index is 1310. The van der Waals surface area contributed by atoms with E-state index >= 15 is 0 Å². The van der Waals surface area contributed by atoms with E-state index in [-0.39, 0.29) is 27.7 Å². The number of rotatable bonds is 6. The lowest BCUT2D eigenvalue weighted by Gasteiger charge is -2.09. The summed E-state index contributed by atoms with van der Waals surface area (Å²) in [6.45, 7) is 0. The van der Waals surface area contributed by atoms with Gasteiger partial charge in [0.2, 0.25) is 5.91 Å². The summed E-state index contributed by atoms with van der Waals surface area (Å²) < 4.78 is 36.9. The molecule has 0 spiro atoms. The molecule has 184 valence electrons. The number of nitrogens with one attached hydrogen (secondary N) is 1. The van der Waals surface area contributed by atoms with Crippen LogP contribution in [0.25, 0.3) is 0 Å². The summed E-state index contributed by atoms with van der Waals surface area (Å²) in [5.74, 6) is -2.46. The van der Waals surface area contributed by atoms with Crippen LogP contribution in [0.15, 0.2) is 41.8 Å². The van der Waals surface area contributed by atoms with Gasteiger partial charge in [0.25, 0.3) is 0 Å². The largest absolute Gasteiger partial charge is 0.434 e. The summed E-state index contributed by atoms with van der Waals surface area (Å²) in [6, 6.07) is 8.97. The Morgan fingerprint density at radius 1 is 1.06 bits per heavy atom. The lowest BCUT2D eigenvalue weighted by Crippen LogP contribution is -2.17. The highest BCUT2D eigenvalue weighted by Crippen LogP contribution is 2.65. The van der Waals surface area contributed by atoms with Crippen LogP contribution in [-0.4, -0.2) is 21.0 Å². The molecule has 4 rings (SSSR count). The average Bonchev–Trinajstić information content (AvgIpc) is 3.05. The van der Waals surface area contributed by atoms with E-state index in [1.165, 1.54) is 24.3 Å². The van der Waals surface area contributed by atoms with Gasteiger partial charge >= 0.3 is 6.18 Å². The number of benzene rings is 2. The molecule has 35 heavy (non-hydrogen) atoms. The van der Waals surface area contributed by atoms with Crippen molar-refractivity contribution in [1.29, 1.82) is 0 Å². The van der Waals surface area contributed by atoms with Crippen LogP contribution in [0.2, 0.25) is 15.1 Å². The van der Waals surface area contributed by atoms with Crippen LogP contribution in [0.4, 0.5) is 18.9 Å². The van der Waals surface area contributed by atoms with Crippen LogP contribution in [0.3, 0.4) is 0 Å². The maximum atomic E-state index is 12.9. The van der Waals surface area contributed by atoms with Gasteiger partial charge in [-0.25, -0.2) is 4.98 Å². The fraction of sp³-hybridized carbons (Fsp3) is 0.227. The third kappa shape index (κ3) is 5.73. The molecule has 1 saturated carbocycles. The van der Waals surface area contributed by atoms with Crippen LogP contribution >= 0.6 is 69.3 Å². The minimum absolute atomic E-state index is 0.0112. The Labute approximate surface area is 226 Å². The number of thiazole rings is 1. The minimum Gasteiger partial charge on any atom is -0.326 e. The van der Waals surface area contributed by atoms with Gasteiger partial charge in [0.1, 0.15) is 9.34 Å². The van der Waals surface area contributed by atoms with E-state index in [9.17, 15) is 22.8 Å². The van der Waals surface area contributed by atoms with Crippen LogP contribution in [0.1, 0.15) is 32.5 Å². The summed E-state index contributed by atoms with van der Waals surface area (Å²) in [7, 11) is 0. The Morgan fingerprint density at radius 3 is 2.31 bits per heavy atom. The molecule has 1 heterocycles. The predicted molar refractivity (Wildman–Crippen MR) is 132 cm³/mol. The molecule has 0 bridgehead atoms. The van der Waals surface area contributed by atoms with E-state index in [0.29, 0.717) is 15.6 Å². The Morgan fingerprint density at radius 2 is 1.71 bits per heavy atom. The molecule has 1 aliphatic carbocycles. The first-order chi connectivity index (χ1) is 16.3. The third-order valence-electron chi connectivity index (χ3n) is 5.27. The number of hydrogen-bond donors (Lipinski definition) is 1. The number of nitrogens with zero attached hydrogens (tertiary/aromatic N) is 1. The molecule has 1 fully saturated rings. The van der Waals surface area contributed by atoms with Crippen molar-refractivity contribution >= 4 is 86.7 Å². The molecule has 3 aromatic rings. The van der Waals surface area contributed by atoms with Gasteiger partial charge in [0, 0.05) is 32.6 Å². The molecule has 0 saturated heterocycles. The Kier molecular flexibility index (Phi) is 7.37. The summed E-state index contributed by atoms with van der Waals surface area (Å²) in [6.07, 6.45) is -4.98. The van der Waals surface area contributed by atoms with Gasteiger partial charge < -0.3 is 5.32 Å². The van der Waals surface area contributed by atoms with Gasteiger partial charge in [-0.1, -0.05) is 34.8 Å². The van der Waals surface area contributed by atoms with Crippen molar-refractivity contribution in [3.8, 4) is 0 Å². The molecule has 1 amide bonds. The molecular weight excluding hydrogens is 591 g/mol. The van der Waals surface area contributed by atoms with Gasteiger partial charge in [-0.3, -0.25) is 9.59 Å². The Hall–Kier alpha value is -1.55. The van der Waals surface area contributed by atoms with Crippen molar-refractivity contribution in [1.82, 2.24) is 4.98 Å². The van der Waals surface area contributed by atoms with Crippen LogP contribution < -0.4 is 5.32 Å².